The van der Waals surface area contributed by atoms with Crippen molar-refractivity contribution in [3.05, 3.63) is 35.7 Å². The number of piperidine rings is 1. The lowest BCUT2D eigenvalue weighted by Gasteiger charge is -2.33. The highest BCUT2D eigenvalue weighted by Crippen LogP contribution is 2.38. The number of rotatable bonds is 5. The highest BCUT2D eigenvalue weighted by Gasteiger charge is 2.28. The van der Waals surface area contributed by atoms with E-state index in [-0.39, 0.29) is 22.9 Å². The summed E-state index contributed by atoms with van der Waals surface area (Å²) in [6.45, 7) is 5.84. The van der Waals surface area contributed by atoms with E-state index in [1.165, 1.54) is 29.4 Å². The van der Waals surface area contributed by atoms with Crippen LogP contribution in [0.25, 0.3) is 21.3 Å². The first-order valence-electron chi connectivity index (χ1n) is 10.9. The molecule has 6 N–H and O–H groups in total. The first-order valence-corrected chi connectivity index (χ1v) is 13.0. The molecule has 1 saturated heterocycles. The summed E-state index contributed by atoms with van der Waals surface area (Å²) >= 11 is 3.01. The second-order valence-electron chi connectivity index (χ2n) is 8.27. The van der Waals surface area contributed by atoms with E-state index in [1.54, 1.807) is 6.07 Å². The number of likely N-dealkylation sites (tertiary alicyclic amines) is 1. The first kappa shape index (κ1) is 26.9. The number of nitrogens with one attached hydrogen (secondary N) is 2. The monoisotopic (exact) mass is 523 g/mol. The Hall–Kier alpha value is -2.71. The van der Waals surface area contributed by atoms with Gasteiger partial charge in [-0.3, -0.25) is 5.43 Å². The lowest BCUT2D eigenvalue weighted by molar-refractivity contribution is 0.114. The van der Waals surface area contributed by atoms with Gasteiger partial charge < -0.3 is 20.6 Å². The van der Waals surface area contributed by atoms with Crippen LogP contribution in [0, 0.1) is 5.82 Å². The molecule has 10 nitrogen and oxygen atoms in total. The van der Waals surface area contributed by atoms with Crippen molar-refractivity contribution in [3.63, 3.8) is 0 Å². The van der Waals surface area contributed by atoms with E-state index in [0.29, 0.717) is 17.5 Å². The Kier molecular flexibility index (Phi) is 8.72. The first-order chi connectivity index (χ1) is 16.0. The molecular weight excluding hydrogens is 493 g/mol. The smallest absolute Gasteiger partial charge is 0.235 e. The van der Waals surface area contributed by atoms with E-state index in [4.69, 9.17) is 4.74 Å². The lowest BCUT2D eigenvalue weighted by atomic mass is 10.1. The van der Waals surface area contributed by atoms with E-state index in [1.807, 2.05) is 28.9 Å². The largest absolute Gasteiger partial charge is 0.473 e. The summed E-state index contributed by atoms with van der Waals surface area (Å²) in [4.78, 5) is 12.0. The maximum atomic E-state index is 14.7. The fraction of sp³-hybridized carbons (Fsp3) is 0.409. The topological polar surface area (TPSA) is 141 Å². The third kappa shape index (κ3) is 5.43. The zero-order valence-electron chi connectivity index (χ0n) is 19.7. The van der Waals surface area contributed by atoms with Crippen LogP contribution in [0.5, 0.6) is 5.88 Å². The van der Waals surface area contributed by atoms with Gasteiger partial charge in [0.2, 0.25) is 11.8 Å². The van der Waals surface area contributed by atoms with Crippen molar-refractivity contribution in [1.82, 2.24) is 30.9 Å². The molecule has 2 aliphatic heterocycles. The molecule has 2 aromatic heterocycles. The fourth-order valence-electron chi connectivity index (χ4n) is 3.93. The summed E-state index contributed by atoms with van der Waals surface area (Å²) in [5, 5.41) is 8.19. The maximum Gasteiger partial charge on any atom is 0.235 e. The van der Waals surface area contributed by atoms with Crippen LogP contribution in [0.2, 0.25) is 0 Å². The molecule has 4 heterocycles. The summed E-state index contributed by atoms with van der Waals surface area (Å²) in [5.74, 6) is 1.16. The van der Waals surface area contributed by atoms with Gasteiger partial charge >= 0.3 is 0 Å². The van der Waals surface area contributed by atoms with E-state index in [9.17, 15) is 4.39 Å². The summed E-state index contributed by atoms with van der Waals surface area (Å²) in [6, 6.07) is 5.60. The molecule has 35 heavy (non-hydrogen) atoms. The summed E-state index contributed by atoms with van der Waals surface area (Å²) in [6.07, 6.45) is 5.21. The Morgan fingerprint density at radius 3 is 2.60 bits per heavy atom. The number of hydrogen-bond donors (Lipinski definition) is 2. The molecule has 0 atom stereocenters. The average molecular weight is 524 g/mol. The summed E-state index contributed by atoms with van der Waals surface area (Å²) < 4.78 is 21.9. The van der Waals surface area contributed by atoms with Gasteiger partial charge in [0, 0.05) is 53.4 Å². The van der Waals surface area contributed by atoms with Gasteiger partial charge in [-0.05, 0) is 32.2 Å². The molecule has 0 spiro atoms. The number of hydrazine groups is 2. The highest BCUT2D eigenvalue weighted by atomic mass is 32.2. The molecule has 5 rings (SSSR count). The van der Waals surface area contributed by atoms with Crippen LogP contribution in [-0.4, -0.2) is 68.4 Å². The van der Waals surface area contributed by atoms with Gasteiger partial charge in [0.1, 0.15) is 22.9 Å². The summed E-state index contributed by atoms with van der Waals surface area (Å²) in [7, 11) is 0. The van der Waals surface area contributed by atoms with Gasteiger partial charge in [0.25, 0.3) is 0 Å². The summed E-state index contributed by atoms with van der Waals surface area (Å²) in [5.41, 5.74) is 8.32. The number of fused-ring (bicyclic) bond motifs is 1. The predicted octanol–water partition coefficient (Wildman–Crippen LogP) is 2.42. The second kappa shape index (κ2) is 11.4. The molecule has 0 radical (unpaired) electrons. The molecule has 0 bridgehead atoms. The lowest BCUT2D eigenvalue weighted by Crippen LogP contribution is -2.52. The van der Waals surface area contributed by atoms with Crippen LogP contribution >= 0.6 is 23.1 Å². The average Bonchev–Trinajstić information content (AvgIpc) is 3.48. The molecule has 2 aliphatic rings. The zero-order chi connectivity index (χ0) is 22.9. The van der Waals surface area contributed by atoms with Gasteiger partial charge in [-0.15, -0.1) is 33.3 Å². The van der Waals surface area contributed by atoms with Crippen molar-refractivity contribution in [2.24, 2.45) is 5.10 Å². The van der Waals surface area contributed by atoms with Crippen LogP contribution in [0.1, 0.15) is 26.7 Å². The minimum absolute atomic E-state index is 0. The van der Waals surface area contributed by atoms with Crippen LogP contribution in [0.15, 0.2) is 39.9 Å². The molecule has 0 aliphatic carbocycles. The number of ether oxygens (including phenoxy) is 1. The number of hydrazone groups is 1. The number of halogens is 1. The molecule has 13 heteroatoms. The third-order valence-electron chi connectivity index (χ3n) is 5.81. The Balaban J connectivity index is 0.00000171. The van der Waals surface area contributed by atoms with Gasteiger partial charge in [-0.2, -0.15) is 0 Å². The van der Waals surface area contributed by atoms with Crippen LogP contribution in [-0.2, 0) is 0 Å². The zero-order valence-corrected chi connectivity index (χ0v) is 21.3. The number of nitrogens with zero attached hydrogens (tertiary/aromatic N) is 5. The van der Waals surface area contributed by atoms with E-state index in [0.717, 1.165) is 52.6 Å². The molecule has 1 fully saturated rings. The standard InChI is InChI=1S/C22H26FN7OS2.2H2O/c1-13(2)30-27-22(26-28-30)29-8-6-14(7-9-29)31-21-20-19(24-12-25-21)17(11-33-20)16-5-4-15(32-3)10-18(16)23;;/h4-5,10-14,28H,6-9H2,1-3H3,(H,26,27);2*1H2. The van der Waals surface area contributed by atoms with E-state index < -0.39 is 0 Å². The molecule has 1 aromatic carbocycles. The van der Waals surface area contributed by atoms with Gasteiger partial charge in [0.15, 0.2) is 0 Å². The predicted molar refractivity (Wildman–Crippen MR) is 138 cm³/mol. The van der Waals surface area contributed by atoms with Crippen LogP contribution < -0.4 is 15.7 Å². The van der Waals surface area contributed by atoms with E-state index in [2.05, 4.69) is 44.8 Å². The quantitative estimate of drug-likeness (QED) is 0.486. The van der Waals surface area contributed by atoms with Crippen molar-refractivity contribution in [1.29, 1.82) is 0 Å². The second-order valence-corrected chi connectivity index (χ2v) is 10.0. The van der Waals surface area contributed by atoms with Gasteiger partial charge in [0.05, 0.1) is 5.52 Å². The van der Waals surface area contributed by atoms with E-state index >= 15 is 0 Å². The number of thiophene rings is 1. The fourth-order valence-corrected chi connectivity index (χ4v) is 5.31. The van der Waals surface area contributed by atoms with Crippen LogP contribution in [0.3, 0.4) is 0 Å². The maximum absolute atomic E-state index is 14.7. The Bertz CT molecular complexity index is 1190. The molecule has 190 valence electrons. The van der Waals surface area contributed by atoms with Crippen molar-refractivity contribution in [3.8, 4) is 17.0 Å². The Labute approximate surface area is 211 Å². The molecule has 0 unspecified atom stereocenters. The minimum Gasteiger partial charge on any atom is -0.473 e. The molecule has 0 amide bonds. The number of aromatic nitrogens is 2. The van der Waals surface area contributed by atoms with Crippen LogP contribution in [0.4, 0.5) is 4.39 Å². The normalized spacial score (nSPS) is 16.4. The highest BCUT2D eigenvalue weighted by molar-refractivity contribution is 7.98. The van der Waals surface area contributed by atoms with Crippen molar-refractivity contribution >= 4 is 39.3 Å². The van der Waals surface area contributed by atoms with Gasteiger partial charge in [-0.25, -0.2) is 19.9 Å². The minimum atomic E-state index is -0.246. The molecular formula is C22H30FN7O3S2. The molecule has 0 saturated carbocycles. The number of thioether (sulfide) groups is 1. The third-order valence-corrected chi connectivity index (χ3v) is 7.49. The Morgan fingerprint density at radius 1 is 1.17 bits per heavy atom. The van der Waals surface area contributed by atoms with Crippen molar-refractivity contribution < 1.29 is 20.1 Å². The van der Waals surface area contributed by atoms with Crippen molar-refractivity contribution in [2.45, 2.75) is 43.7 Å². The Morgan fingerprint density at radius 2 is 1.94 bits per heavy atom. The number of guanidine groups is 1. The SMILES string of the molecule is CSc1ccc(-c2csc3c(OC4CCN(C5=NNN(C(C)C)N5)CC4)ncnc23)c(F)c1.O.O. The molecule has 3 aromatic rings. The van der Waals surface area contributed by atoms with Gasteiger partial charge in [-0.1, -0.05) is 6.07 Å². The number of hydrogen-bond acceptors (Lipinski definition) is 10. The van der Waals surface area contributed by atoms with Crippen molar-refractivity contribution in [2.75, 3.05) is 19.3 Å². The number of benzene rings is 1.